The average molecular weight is 265 g/mol. The molecule has 0 spiro atoms. The van der Waals surface area contributed by atoms with Crippen LogP contribution < -0.4 is 5.32 Å². The highest BCUT2D eigenvalue weighted by atomic mass is 19.1. The Hall–Kier alpha value is -1.42. The zero-order chi connectivity index (χ0) is 13.8. The van der Waals surface area contributed by atoms with Gasteiger partial charge in [-0.3, -0.25) is 0 Å². The molecule has 1 N–H and O–H groups in total. The van der Waals surface area contributed by atoms with Gasteiger partial charge in [0.05, 0.1) is 12.7 Å². The maximum atomic E-state index is 13.9. The van der Waals surface area contributed by atoms with Gasteiger partial charge in [-0.25, -0.2) is 9.18 Å². The molecule has 1 aromatic rings. The second-order valence-corrected chi connectivity index (χ2v) is 5.09. The van der Waals surface area contributed by atoms with Gasteiger partial charge < -0.3 is 10.1 Å². The van der Waals surface area contributed by atoms with Gasteiger partial charge >= 0.3 is 5.97 Å². The molecule has 0 radical (unpaired) electrons. The Morgan fingerprint density at radius 2 is 2.26 bits per heavy atom. The summed E-state index contributed by atoms with van der Waals surface area (Å²) in [4.78, 5) is 11.6. The van der Waals surface area contributed by atoms with Gasteiger partial charge in [0.15, 0.2) is 0 Å². The third kappa shape index (κ3) is 3.32. The summed E-state index contributed by atoms with van der Waals surface area (Å²) in [5.74, 6) is -0.816. The lowest BCUT2D eigenvalue weighted by Gasteiger charge is -2.23. The van der Waals surface area contributed by atoms with E-state index in [0.717, 1.165) is 24.9 Å². The first-order valence-electron chi connectivity index (χ1n) is 6.72. The molecule has 1 heterocycles. The zero-order valence-corrected chi connectivity index (χ0v) is 11.5. The number of ether oxygens (including phenoxy) is 1. The number of benzene rings is 1. The van der Waals surface area contributed by atoms with Crippen LogP contribution in [0, 0.1) is 12.7 Å². The Kier molecular flexibility index (Phi) is 4.53. The summed E-state index contributed by atoms with van der Waals surface area (Å²) >= 11 is 0. The van der Waals surface area contributed by atoms with Gasteiger partial charge in [-0.2, -0.15) is 0 Å². The summed E-state index contributed by atoms with van der Waals surface area (Å²) in [6.45, 7) is 2.62. The number of nitrogens with one attached hydrogen (secondary N) is 1. The molecule has 0 aromatic heterocycles. The molecule has 1 fully saturated rings. The Bertz CT molecular complexity index is 467. The summed E-state index contributed by atoms with van der Waals surface area (Å²) in [5.41, 5.74) is 1.53. The van der Waals surface area contributed by atoms with Gasteiger partial charge in [0.1, 0.15) is 5.82 Å². The molecule has 1 aliphatic rings. The quantitative estimate of drug-likeness (QED) is 0.854. The van der Waals surface area contributed by atoms with Crippen LogP contribution >= 0.6 is 0 Å². The minimum absolute atomic E-state index is 0.327. The zero-order valence-electron chi connectivity index (χ0n) is 11.5. The predicted octanol–water partition coefficient (Wildman–Crippen LogP) is 2.61. The second kappa shape index (κ2) is 6.15. The number of hydrogen-bond acceptors (Lipinski definition) is 3. The molecular formula is C15H20FNO2. The first-order valence-corrected chi connectivity index (χ1v) is 6.72. The van der Waals surface area contributed by atoms with Gasteiger partial charge in [0, 0.05) is 6.04 Å². The lowest BCUT2D eigenvalue weighted by molar-refractivity contribution is 0.0599. The van der Waals surface area contributed by atoms with Crippen LogP contribution in [-0.4, -0.2) is 25.7 Å². The van der Waals surface area contributed by atoms with Crippen molar-refractivity contribution in [3.05, 3.63) is 34.6 Å². The number of esters is 1. The minimum atomic E-state index is -0.477. The molecule has 19 heavy (non-hydrogen) atoms. The lowest BCUT2D eigenvalue weighted by atomic mass is 9.95. The highest BCUT2D eigenvalue weighted by molar-refractivity contribution is 5.91. The van der Waals surface area contributed by atoms with E-state index >= 15 is 0 Å². The van der Waals surface area contributed by atoms with Crippen molar-refractivity contribution in [3.8, 4) is 0 Å². The Morgan fingerprint density at radius 1 is 1.47 bits per heavy atom. The standard InChI is InChI=1S/C15H20FNO2/c1-10-13(15(18)19-2)8-11(9-14(10)16)7-12-5-3-4-6-17-12/h8-9,12,17H,3-7H2,1-2H3. The summed E-state index contributed by atoms with van der Waals surface area (Å²) in [6, 6.07) is 3.65. The van der Waals surface area contributed by atoms with E-state index in [1.807, 2.05) is 0 Å². The number of piperidine rings is 1. The molecule has 104 valence electrons. The molecule has 1 unspecified atom stereocenters. The number of carbonyl (C=O) groups is 1. The highest BCUT2D eigenvalue weighted by Crippen LogP contribution is 2.20. The number of hydrogen-bond donors (Lipinski definition) is 1. The van der Waals surface area contributed by atoms with Gasteiger partial charge in [-0.15, -0.1) is 0 Å². The van der Waals surface area contributed by atoms with Crippen LogP contribution in [0.15, 0.2) is 12.1 Å². The molecule has 1 atom stereocenters. The molecular weight excluding hydrogens is 245 g/mol. The predicted molar refractivity (Wildman–Crippen MR) is 71.8 cm³/mol. The molecule has 1 aliphatic heterocycles. The van der Waals surface area contributed by atoms with E-state index in [0.29, 0.717) is 17.2 Å². The van der Waals surface area contributed by atoms with Crippen molar-refractivity contribution in [2.75, 3.05) is 13.7 Å². The average Bonchev–Trinajstić information content (AvgIpc) is 2.43. The topological polar surface area (TPSA) is 38.3 Å². The largest absolute Gasteiger partial charge is 0.465 e. The van der Waals surface area contributed by atoms with Gasteiger partial charge in [0.2, 0.25) is 0 Å². The Morgan fingerprint density at radius 3 is 2.89 bits per heavy atom. The van der Waals surface area contributed by atoms with E-state index in [9.17, 15) is 9.18 Å². The smallest absolute Gasteiger partial charge is 0.338 e. The second-order valence-electron chi connectivity index (χ2n) is 5.09. The minimum Gasteiger partial charge on any atom is -0.465 e. The summed E-state index contributed by atoms with van der Waals surface area (Å²) in [7, 11) is 1.31. The fourth-order valence-corrected chi connectivity index (χ4v) is 2.56. The van der Waals surface area contributed by atoms with Crippen molar-refractivity contribution in [1.29, 1.82) is 0 Å². The van der Waals surface area contributed by atoms with Crippen molar-refractivity contribution in [2.45, 2.75) is 38.6 Å². The maximum absolute atomic E-state index is 13.9. The number of methoxy groups -OCH3 is 1. The Labute approximate surface area is 113 Å². The van der Waals surface area contributed by atoms with E-state index in [1.165, 1.54) is 26.0 Å². The molecule has 1 aromatic carbocycles. The van der Waals surface area contributed by atoms with E-state index in [4.69, 9.17) is 4.74 Å². The molecule has 4 heteroatoms. The third-order valence-electron chi connectivity index (χ3n) is 3.70. The summed E-state index contributed by atoms with van der Waals surface area (Å²) in [5, 5.41) is 3.43. The van der Waals surface area contributed by atoms with Crippen molar-refractivity contribution in [1.82, 2.24) is 5.32 Å². The van der Waals surface area contributed by atoms with Crippen LogP contribution in [0.2, 0.25) is 0 Å². The lowest BCUT2D eigenvalue weighted by Crippen LogP contribution is -2.35. The fraction of sp³-hybridized carbons (Fsp3) is 0.533. The van der Waals surface area contributed by atoms with Crippen LogP contribution in [0.4, 0.5) is 4.39 Å². The van der Waals surface area contributed by atoms with Crippen molar-refractivity contribution in [3.63, 3.8) is 0 Å². The monoisotopic (exact) mass is 265 g/mol. The van der Waals surface area contributed by atoms with Crippen molar-refractivity contribution < 1.29 is 13.9 Å². The maximum Gasteiger partial charge on any atom is 0.338 e. The summed E-state index contributed by atoms with van der Waals surface area (Å²) < 4.78 is 18.6. The van der Waals surface area contributed by atoms with Crippen LogP contribution in [-0.2, 0) is 11.2 Å². The van der Waals surface area contributed by atoms with Crippen LogP contribution in [0.3, 0.4) is 0 Å². The van der Waals surface area contributed by atoms with E-state index in [1.54, 1.807) is 13.0 Å². The van der Waals surface area contributed by atoms with E-state index < -0.39 is 5.97 Å². The fourth-order valence-electron chi connectivity index (χ4n) is 2.56. The molecule has 3 nitrogen and oxygen atoms in total. The highest BCUT2D eigenvalue weighted by Gasteiger charge is 2.18. The van der Waals surface area contributed by atoms with Gasteiger partial charge in [-0.05, 0) is 56.0 Å². The van der Waals surface area contributed by atoms with Crippen LogP contribution in [0.5, 0.6) is 0 Å². The molecule has 0 saturated carbocycles. The van der Waals surface area contributed by atoms with Crippen molar-refractivity contribution >= 4 is 5.97 Å². The summed E-state index contributed by atoms with van der Waals surface area (Å²) in [6.07, 6.45) is 4.26. The SMILES string of the molecule is COC(=O)c1cc(CC2CCCCN2)cc(F)c1C. The van der Waals surface area contributed by atoms with E-state index in [-0.39, 0.29) is 5.82 Å². The molecule has 0 amide bonds. The van der Waals surface area contributed by atoms with Crippen LogP contribution in [0.1, 0.15) is 40.7 Å². The first kappa shape index (κ1) is 14.0. The molecule has 0 aliphatic carbocycles. The number of halogens is 1. The van der Waals surface area contributed by atoms with Crippen molar-refractivity contribution in [2.24, 2.45) is 0 Å². The van der Waals surface area contributed by atoms with Gasteiger partial charge in [-0.1, -0.05) is 6.42 Å². The normalized spacial score (nSPS) is 19.2. The molecule has 2 rings (SSSR count). The Balaban J connectivity index is 2.20. The third-order valence-corrected chi connectivity index (χ3v) is 3.70. The van der Waals surface area contributed by atoms with Crippen LogP contribution in [0.25, 0.3) is 0 Å². The molecule has 1 saturated heterocycles. The van der Waals surface area contributed by atoms with Gasteiger partial charge in [0.25, 0.3) is 0 Å². The first-order chi connectivity index (χ1) is 9.11. The number of carbonyl (C=O) groups excluding carboxylic acids is 1. The number of rotatable bonds is 3. The van der Waals surface area contributed by atoms with E-state index in [2.05, 4.69) is 5.32 Å². The molecule has 0 bridgehead atoms.